The lowest BCUT2D eigenvalue weighted by Crippen LogP contribution is -2.35. The number of rotatable bonds is 4. The molecule has 0 radical (unpaired) electrons. The van der Waals surface area contributed by atoms with Crippen molar-refractivity contribution in [3.8, 4) is 0 Å². The molecule has 3 rings (SSSR count). The minimum Gasteiger partial charge on any atom is -0.355 e. The first-order valence-corrected chi connectivity index (χ1v) is 7.54. The largest absolute Gasteiger partial charge is 0.355 e. The number of nitrogens with zero attached hydrogens (tertiary/aromatic N) is 5. The van der Waals surface area contributed by atoms with E-state index in [9.17, 15) is 4.79 Å². The van der Waals surface area contributed by atoms with E-state index in [2.05, 4.69) is 25.5 Å². The number of amides is 1. The predicted molar refractivity (Wildman–Crippen MR) is 82.6 cm³/mol. The van der Waals surface area contributed by atoms with Crippen LogP contribution in [-0.2, 0) is 6.54 Å². The average molecular weight is 300 g/mol. The molecule has 7 nitrogen and oxygen atoms in total. The first-order valence-electron chi connectivity index (χ1n) is 7.54. The molecular weight excluding hydrogens is 280 g/mol. The molecule has 0 atom stereocenters. The Balaban J connectivity index is 1.55. The van der Waals surface area contributed by atoms with Gasteiger partial charge in [-0.15, -0.1) is 10.2 Å². The van der Waals surface area contributed by atoms with Crippen molar-refractivity contribution in [3.05, 3.63) is 36.3 Å². The summed E-state index contributed by atoms with van der Waals surface area (Å²) < 4.78 is 2.00. The molecule has 1 N–H and O–H groups in total. The number of aromatic nitrogens is 4. The minimum absolute atomic E-state index is 0.211. The van der Waals surface area contributed by atoms with Crippen LogP contribution in [0.15, 0.2) is 30.6 Å². The Morgan fingerprint density at radius 1 is 1.32 bits per heavy atom. The van der Waals surface area contributed by atoms with Crippen LogP contribution in [0.5, 0.6) is 0 Å². The van der Waals surface area contributed by atoms with Gasteiger partial charge in [0, 0.05) is 39.1 Å². The Kier molecular flexibility index (Phi) is 4.32. The van der Waals surface area contributed by atoms with E-state index < -0.39 is 0 Å². The summed E-state index contributed by atoms with van der Waals surface area (Å²) in [5.74, 6) is 1.27. The molecule has 2 aromatic heterocycles. The summed E-state index contributed by atoms with van der Waals surface area (Å²) in [7, 11) is 1.59. The van der Waals surface area contributed by atoms with E-state index in [4.69, 9.17) is 0 Å². The maximum absolute atomic E-state index is 11.5. The minimum atomic E-state index is -0.211. The van der Waals surface area contributed by atoms with Crippen LogP contribution in [-0.4, -0.2) is 46.0 Å². The number of carbonyl (C=O) groups excluding carboxylic acids is 1. The van der Waals surface area contributed by atoms with E-state index >= 15 is 0 Å². The second-order valence-electron chi connectivity index (χ2n) is 5.51. The van der Waals surface area contributed by atoms with E-state index in [1.54, 1.807) is 13.1 Å². The van der Waals surface area contributed by atoms with Crippen molar-refractivity contribution in [1.82, 2.24) is 25.3 Å². The Labute approximate surface area is 129 Å². The summed E-state index contributed by atoms with van der Waals surface area (Å²) in [6.45, 7) is 2.89. The van der Waals surface area contributed by atoms with Crippen molar-refractivity contribution in [2.45, 2.75) is 19.4 Å². The maximum atomic E-state index is 11.5. The van der Waals surface area contributed by atoms with Gasteiger partial charge in [-0.25, -0.2) is 0 Å². The third-order valence-electron chi connectivity index (χ3n) is 4.05. The summed E-state index contributed by atoms with van der Waals surface area (Å²) >= 11 is 0. The fourth-order valence-corrected chi connectivity index (χ4v) is 2.76. The highest BCUT2D eigenvalue weighted by atomic mass is 16.1. The fourth-order valence-electron chi connectivity index (χ4n) is 2.76. The molecule has 1 amide bonds. The van der Waals surface area contributed by atoms with Gasteiger partial charge in [0.2, 0.25) is 0 Å². The van der Waals surface area contributed by atoms with Crippen LogP contribution in [0.25, 0.3) is 0 Å². The van der Waals surface area contributed by atoms with E-state index in [0.29, 0.717) is 11.6 Å². The highest BCUT2D eigenvalue weighted by Gasteiger charge is 2.21. The zero-order valence-electron chi connectivity index (χ0n) is 12.6. The molecule has 2 aromatic rings. The van der Waals surface area contributed by atoms with Gasteiger partial charge in [-0.1, -0.05) is 0 Å². The summed E-state index contributed by atoms with van der Waals surface area (Å²) in [5, 5.41) is 15.0. The maximum Gasteiger partial charge on any atom is 0.271 e. The molecule has 3 heterocycles. The Morgan fingerprint density at radius 3 is 2.73 bits per heavy atom. The standard InChI is InChI=1S/C15H20N6O/c1-16-15(22)13-3-4-14(19-18-13)20-9-5-12(6-10-20)11-21-8-2-7-17-21/h2-4,7-8,12H,5-6,9-11H2,1H3,(H,16,22). The molecule has 0 saturated carbocycles. The molecule has 116 valence electrons. The second-order valence-corrected chi connectivity index (χ2v) is 5.51. The van der Waals surface area contributed by atoms with Crippen LogP contribution < -0.4 is 10.2 Å². The molecule has 7 heteroatoms. The van der Waals surface area contributed by atoms with E-state index in [0.717, 1.165) is 38.3 Å². The Morgan fingerprint density at radius 2 is 2.14 bits per heavy atom. The molecule has 0 aliphatic carbocycles. The quantitative estimate of drug-likeness (QED) is 0.910. The van der Waals surface area contributed by atoms with Gasteiger partial charge in [-0.2, -0.15) is 5.10 Å². The molecule has 22 heavy (non-hydrogen) atoms. The summed E-state index contributed by atoms with van der Waals surface area (Å²) in [5.41, 5.74) is 0.347. The van der Waals surface area contributed by atoms with Gasteiger partial charge < -0.3 is 10.2 Å². The monoisotopic (exact) mass is 300 g/mol. The van der Waals surface area contributed by atoms with Gasteiger partial charge in [-0.05, 0) is 37.0 Å². The smallest absolute Gasteiger partial charge is 0.271 e. The number of hydrogen-bond donors (Lipinski definition) is 1. The van der Waals surface area contributed by atoms with E-state index in [1.165, 1.54) is 0 Å². The lowest BCUT2D eigenvalue weighted by atomic mass is 9.97. The van der Waals surface area contributed by atoms with Gasteiger partial charge >= 0.3 is 0 Å². The molecule has 0 spiro atoms. The Hall–Kier alpha value is -2.44. The van der Waals surface area contributed by atoms with E-state index in [-0.39, 0.29) is 5.91 Å². The summed E-state index contributed by atoms with van der Waals surface area (Å²) in [6, 6.07) is 5.54. The number of piperidine rings is 1. The van der Waals surface area contributed by atoms with Crippen molar-refractivity contribution in [2.75, 3.05) is 25.0 Å². The second kappa shape index (κ2) is 6.55. The highest BCUT2D eigenvalue weighted by molar-refractivity contribution is 5.91. The average Bonchev–Trinajstić information content (AvgIpc) is 3.08. The van der Waals surface area contributed by atoms with Crippen molar-refractivity contribution >= 4 is 11.7 Å². The molecule has 1 saturated heterocycles. The predicted octanol–water partition coefficient (Wildman–Crippen LogP) is 0.949. The van der Waals surface area contributed by atoms with Crippen LogP contribution in [0.1, 0.15) is 23.3 Å². The third-order valence-corrected chi connectivity index (χ3v) is 4.05. The van der Waals surface area contributed by atoms with Crippen molar-refractivity contribution in [2.24, 2.45) is 5.92 Å². The lowest BCUT2D eigenvalue weighted by Gasteiger charge is -2.32. The number of carbonyl (C=O) groups is 1. The van der Waals surface area contributed by atoms with Crippen molar-refractivity contribution in [3.63, 3.8) is 0 Å². The molecule has 0 bridgehead atoms. The first-order chi connectivity index (χ1) is 10.8. The lowest BCUT2D eigenvalue weighted by molar-refractivity contribution is 0.0957. The number of anilines is 1. The molecule has 1 aliphatic rings. The van der Waals surface area contributed by atoms with Crippen molar-refractivity contribution < 1.29 is 4.79 Å². The number of hydrogen-bond acceptors (Lipinski definition) is 5. The number of nitrogens with one attached hydrogen (secondary N) is 1. The first kappa shape index (κ1) is 14.5. The topological polar surface area (TPSA) is 75.9 Å². The van der Waals surface area contributed by atoms with E-state index in [1.807, 2.05) is 29.2 Å². The highest BCUT2D eigenvalue weighted by Crippen LogP contribution is 2.22. The fraction of sp³-hybridized carbons (Fsp3) is 0.467. The van der Waals surface area contributed by atoms with Crippen LogP contribution in [0.4, 0.5) is 5.82 Å². The van der Waals surface area contributed by atoms with Crippen LogP contribution in [0.3, 0.4) is 0 Å². The molecule has 0 unspecified atom stereocenters. The Bertz CT molecular complexity index is 601. The zero-order chi connectivity index (χ0) is 15.4. The third kappa shape index (κ3) is 3.24. The SMILES string of the molecule is CNC(=O)c1ccc(N2CCC(Cn3cccn3)CC2)nn1. The zero-order valence-corrected chi connectivity index (χ0v) is 12.6. The van der Waals surface area contributed by atoms with Gasteiger partial charge in [0.25, 0.3) is 5.91 Å². The summed E-state index contributed by atoms with van der Waals surface area (Å²) in [4.78, 5) is 13.7. The van der Waals surface area contributed by atoms with Crippen LogP contribution in [0, 0.1) is 5.92 Å². The van der Waals surface area contributed by atoms with Crippen LogP contribution >= 0.6 is 0 Å². The van der Waals surface area contributed by atoms with Gasteiger partial charge in [0.05, 0.1) is 0 Å². The van der Waals surface area contributed by atoms with Gasteiger partial charge in [0.1, 0.15) is 0 Å². The molecule has 1 fully saturated rings. The normalized spacial score (nSPS) is 15.8. The molecule has 0 aromatic carbocycles. The summed E-state index contributed by atoms with van der Waals surface area (Å²) in [6.07, 6.45) is 6.05. The van der Waals surface area contributed by atoms with Crippen LogP contribution in [0.2, 0.25) is 0 Å². The van der Waals surface area contributed by atoms with Gasteiger partial charge in [0.15, 0.2) is 11.5 Å². The molecule has 1 aliphatic heterocycles. The van der Waals surface area contributed by atoms with Crippen molar-refractivity contribution in [1.29, 1.82) is 0 Å². The van der Waals surface area contributed by atoms with Gasteiger partial charge in [-0.3, -0.25) is 9.48 Å². The molecular formula is C15H20N6O.